The van der Waals surface area contributed by atoms with Crippen LogP contribution in [0.3, 0.4) is 0 Å². The lowest BCUT2D eigenvalue weighted by molar-refractivity contribution is -0.123. The van der Waals surface area contributed by atoms with Gasteiger partial charge in [0.25, 0.3) is 0 Å². The average molecular weight is 222 g/mol. The van der Waals surface area contributed by atoms with Crippen molar-refractivity contribution in [1.29, 1.82) is 0 Å². The zero-order valence-corrected chi connectivity index (χ0v) is 10.0. The van der Waals surface area contributed by atoms with Gasteiger partial charge in [-0.2, -0.15) is 0 Å². The van der Waals surface area contributed by atoms with E-state index in [1.165, 1.54) is 32.1 Å². The van der Waals surface area contributed by atoms with Crippen LogP contribution in [0.25, 0.3) is 0 Å². The number of carbonyl (C=O) groups is 1. The minimum Gasteiger partial charge on any atom is -0.490 e. The molecule has 2 heteroatoms. The molecule has 0 unspecified atom stereocenters. The fourth-order valence-electron chi connectivity index (χ4n) is 2.65. The smallest absolute Gasteiger partial charge is 0.200 e. The molecular formula is C14H22O2. The Balaban J connectivity index is 1.93. The van der Waals surface area contributed by atoms with E-state index in [2.05, 4.69) is 0 Å². The van der Waals surface area contributed by atoms with Gasteiger partial charge in [-0.25, -0.2) is 0 Å². The van der Waals surface area contributed by atoms with Crippen LogP contribution in [0.4, 0.5) is 0 Å². The largest absolute Gasteiger partial charge is 0.490 e. The first-order valence-electron chi connectivity index (χ1n) is 6.75. The zero-order chi connectivity index (χ0) is 11.2. The van der Waals surface area contributed by atoms with E-state index in [0.717, 1.165) is 32.3 Å². The number of rotatable bonds is 2. The third kappa shape index (κ3) is 3.10. The summed E-state index contributed by atoms with van der Waals surface area (Å²) in [5.41, 5.74) is 0. The molecule has 0 atom stereocenters. The minimum absolute atomic E-state index is 0.240. The van der Waals surface area contributed by atoms with Crippen LogP contribution in [0.1, 0.15) is 57.8 Å². The van der Waals surface area contributed by atoms with Crippen LogP contribution in [0.2, 0.25) is 0 Å². The highest BCUT2D eigenvalue weighted by molar-refractivity contribution is 5.95. The molecule has 1 saturated carbocycles. The topological polar surface area (TPSA) is 26.3 Å². The van der Waals surface area contributed by atoms with Gasteiger partial charge < -0.3 is 4.74 Å². The second-order valence-corrected chi connectivity index (χ2v) is 4.97. The number of hydrogen-bond donors (Lipinski definition) is 0. The molecule has 0 amide bonds. The van der Waals surface area contributed by atoms with E-state index >= 15 is 0 Å². The molecule has 1 aliphatic carbocycles. The number of Topliss-reactive ketones (excluding diaryl/α,β-unsaturated/α-hetero) is 1. The van der Waals surface area contributed by atoms with Crippen molar-refractivity contribution in [3.05, 3.63) is 11.8 Å². The van der Waals surface area contributed by atoms with Crippen LogP contribution in [-0.2, 0) is 9.53 Å². The number of carbonyl (C=O) groups excluding carboxylic acids is 1. The van der Waals surface area contributed by atoms with Crippen molar-refractivity contribution in [3.8, 4) is 0 Å². The predicted octanol–water partition coefficient (Wildman–Crippen LogP) is 3.61. The Labute approximate surface area is 98.1 Å². The van der Waals surface area contributed by atoms with E-state index in [1.54, 1.807) is 0 Å². The fraction of sp³-hybridized carbons (Fsp3) is 0.786. The number of hydrogen-bond acceptors (Lipinski definition) is 2. The predicted molar refractivity (Wildman–Crippen MR) is 64.1 cm³/mol. The molecule has 1 aliphatic heterocycles. The lowest BCUT2D eigenvalue weighted by atomic mass is 9.87. The molecule has 16 heavy (non-hydrogen) atoms. The van der Waals surface area contributed by atoms with Gasteiger partial charge >= 0.3 is 0 Å². The SMILES string of the molecule is O=C(C1=CCCCO1)C1CCCCCCC1. The lowest BCUT2D eigenvalue weighted by Crippen LogP contribution is -2.21. The lowest BCUT2D eigenvalue weighted by Gasteiger charge is -2.21. The van der Waals surface area contributed by atoms with Crippen LogP contribution < -0.4 is 0 Å². The third-order valence-corrected chi connectivity index (χ3v) is 3.65. The summed E-state index contributed by atoms with van der Waals surface area (Å²) in [4.78, 5) is 12.2. The Bertz CT molecular complexity index is 260. The third-order valence-electron chi connectivity index (χ3n) is 3.65. The van der Waals surface area contributed by atoms with Gasteiger partial charge in [-0.05, 0) is 31.8 Å². The monoisotopic (exact) mass is 222 g/mol. The summed E-state index contributed by atoms with van der Waals surface area (Å²) in [6.07, 6.45) is 12.6. The summed E-state index contributed by atoms with van der Waals surface area (Å²) < 4.78 is 5.48. The molecule has 0 aromatic rings. The van der Waals surface area contributed by atoms with E-state index in [9.17, 15) is 4.79 Å². The molecule has 0 aromatic heterocycles. The van der Waals surface area contributed by atoms with Crippen LogP contribution in [0, 0.1) is 5.92 Å². The van der Waals surface area contributed by atoms with E-state index in [0.29, 0.717) is 5.76 Å². The summed E-state index contributed by atoms with van der Waals surface area (Å²) in [6, 6.07) is 0. The maximum absolute atomic E-state index is 12.2. The summed E-state index contributed by atoms with van der Waals surface area (Å²) in [6.45, 7) is 0.726. The Kier molecular flexibility index (Phi) is 4.44. The summed E-state index contributed by atoms with van der Waals surface area (Å²) in [7, 11) is 0. The van der Waals surface area contributed by atoms with Crippen molar-refractivity contribution in [2.24, 2.45) is 5.92 Å². The molecule has 2 rings (SSSR count). The first-order chi connectivity index (χ1) is 7.88. The minimum atomic E-state index is 0.240. The molecule has 0 aromatic carbocycles. The standard InChI is InChI=1S/C14H22O2/c15-14(13-10-6-7-11-16-13)12-8-4-2-1-3-5-9-12/h10,12H,1-9,11H2. The maximum atomic E-state index is 12.2. The molecule has 1 fully saturated rings. The number of allylic oxidation sites excluding steroid dienone is 2. The van der Waals surface area contributed by atoms with E-state index in [-0.39, 0.29) is 11.7 Å². The first-order valence-corrected chi connectivity index (χ1v) is 6.75. The molecular weight excluding hydrogens is 200 g/mol. The quantitative estimate of drug-likeness (QED) is 0.713. The molecule has 0 spiro atoms. The van der Waals surface area contributed by atoms with E-state index in [4.69, 9.17) is 4.74 Å². The van der Waals surface area contributed by atoms with Crippen molar-refractivity contribution >= 4 is 5.78 Å². The van der Waals surface area contributed by atoms with E-state index < -0.39 is 0 Å². The molecule has 0 radical (unpaired) electrons. The fourth-order valence-corrected chi connectivity index (χ4v) is 2.65. The molecule has 0 N–H and O–H groups in total. The van der Waals surface area contributed by atoms with E-state index in [1.807, 2.05) is 6.08 Å². The molecule has 2 nitrogen and oxygen atoms in total. The first kappa shape index (κ1) is 11.7. The van der Waals surface area contributed by atoms with Gasteiger partial charge in [0.05, 0.1) is 6.61 Å². The molecule has 1 heterocycles. The van der Waals surface area contributed by atoms with Gasteiger partial charge in [-0.1, -0.05) is 32.1 Å². The Morgan fingerprint density at radius 2 is 1.75 bits per heavy atom. The van der Waals surface area contributed by atoms with Crippen LogP contribution >= 0.6 is 0 Å². The van der Waals surface area contributed by atoms with Crippen LogP contribution in [0.5, 0.6) is 0 Å². The van der Waals surface area contributed by atoms with Crippen molar-refractivity contribution in [3.63, 3.8) is 0 Å². The Hall–Kier alpha value is -0.790. The molecule has 0 bridgehead atoms. The van der Waals surface area contributed by atoms with Crippen molar-refractivity contribution in [2.45, 2.75) is 57.8 Å². The maximum Gasteiger partial charge on any atom is 0.200 e. The second-order valence-electron chi connectivity index (χ2n) is 4.97. The van der Waals surface area contributed by atoms with Crippen molar-refractivity contribution < 1.29 is 9.53 Å². The second kappa shape index (κ2) is 6.07. The highest BCUT2D eigenvalue weighted by Gasteiger charge is 2.24. The van der Waals surface area contributed by atoms with Crippen LogP contribution in [-0.4, -0.2) is 12.4 Å². The van der Waals surface area contributed by atoms with Gasteiger partial charge in [-0.3, -0.25) is 4.79 Å². The normalized spacial score (nSPS) is 23.9. The zero-order valence-electron chi connectivity index (χ0n) is 10.0. The molecule has 90 valence electrons. The highest BCUT2D eigenvalue weighted by atomic mass is 16.5. The highest BCUT2D eigenvalue weighted by Crippen LogP contribution is 2.26. The van der Waals surface area contributed by atoms with Crippen molar-refractivity contribution in [1.82, 2.24) is 0 Å². The number of ether oxygens (including phenoxy) is 1. The molecule has 2 aliphatic rings. The molecule has 0 saturated heterocycles. The summed E-state index contributed by atoms with van der Waals surface area (Å²) in [5.74, 6) is 1.18. The summed E-state index contributed by atoms with van der Waals surface area (Å²) >= 11 is 0. The summed E-state index contributed by atoms with van der Waals surface area (Å²) in [5, 5.41) is 0. The Morgan fingerprint density at radius 3 is 2.38 bits per heavy atom. The van der Waals surface area contributed by atoms with Gasteiger partial charge in [0, 0.05) is 5.92 Å². The van der Waals surface area contributed by atoms with Crippen molar-refractivity contribution in [2.75, 3.05) is 6.61 Å². The van der Waals surface area contributed by atoms with Gasteiger partial charge in [-0.15, -0.1) is 0 Å². The van der Waals surface area contributed by atoms with Crippen LogP contribution in [0.15, 0.2) is 11.8 Å². The average Bonchev–Trinajstić information content (AvgIpc) is 2.29. The van der Waals surface area contributed by atoms with Gasteiger partial charge in [0.2, 0.25) is 0 Å². The van der Waals surface area contributed by atoms with Gasteiger partial charge in [0.1, 0.15) is 0 Å². The number of ketones is 1. The Morgan fingerprint density at radius 1 is 1.06 bits per heavy atom. The van der Waals surface area contributed by atoms with Gasteiger partial charge in [0.15, 0.2) is 11.5 Å².